The van der Waals surface area contributed by atoms with Gasteiger partial charge in [-0.2, -0.15) is 0 Å². The van der Waals surface area contributed by atoms with Crippen LogP contribution in [0.15, 0.2) is 0 Å². The summed E-state index contributed by atoms with van der Waals surface area (Å²) in [6, 6.07) is 0. The van der Waals surface area contributed by atoms with Crippen LogP contribution >= 0.6 is 0 Å². The Balaban J connectivity index is 1.93. The van der Waals surface area contributed by atoms with Gasteiger partial charge in [-0.05, 0) is 12.3 Å². The number of hydrogen-bond donors (Lipinski definition) is 0. The van der Waals surface area contributed by atoms with Crippen molar-refractivity contribution in [2.45, 2.75) is 26.2 Å². The lowest BCUT2D eigenvalue weighted by molar-refractivity contribution is 0.122. The normalized spacial score (nSPS) is 15.1. The Morgan fingerprint density at radius 1 is 1.17 bits per heavy atom. The van der Waals surface area contributed by atoms with Gasteiger partial charge in [-0.15, -0.1) is 20.4 Å². The van der Waals surface area contributed by atoms with E-state index in [0.717, 1.165) is 32.4 Å². The first kappa shape index (κ1) is 12.7. The number of aromatic nitrogens is 4. The van der Waals surface area contributed by atoms with Crippen molar-refractivity contribution in [3.05, 3.63) is 5.82 Å². The van der Waals surface area contributed by atoms with Gasteiger partial charge in [-0.25, -0.2) is 0 Å². The standard InChI is InChI=1S/C12H17N5O/c1-2-3-4-5-6-11-13-15-12(16-14-11)17-7-9-18-10-8-17/h2-4,7-10H2,1H3. The fourth-order valence-corrected chi connectivity index (χ4v) is 1.57. The number of ether oxygens (including phenoxy) is 1. The third kappa shape index (κ3) is 3.64. The van der Waals surface area contributed by atoms with Crippen molar-refractivity contribution in [1.29, 1.82) is 0 Å². The molecule has 18 heavy (non-hydrogen) atoms. The molecule has 1 fully saturated rings. The minimum Gasteiger partial charge on any atom is -0.378 e. The molecule has 0 saturated carbocycles. The van der Waals surface area contributed by atoms with Crippen LogP contribution in [0.5, 0.6) is 0 Å². The van der Waals surface area contributed by atoms with Crippen molar-refractivity contribution in [1.82, 2.24) is 20.4 Å². The average molecular weight is 247 g/mol. The van der Waals surface area contributed by atoms with Crippen LogP contribution in [0.2, 0.25) is 0 Å². The van der Waals surface area contributed by atoms with Crippen molar-refractivity contribution in [2.24, 2.45) is 0 Å². The summed E-state index contributed by atoms with van der Waals surface area (Å²) >= 11 is 0. The second-order valence-corrected chi connectivity index (χ2v) is 4.03. The predicted molar refractivity (Wildman–Crippen MR) is 67.1 cm³/mol. The van der Waals surface area contributed by atoms with Crippen molar-refractivity contribution in [3.8, 4) is 11.8 Å². The van der Waals surface area contributed by atoms with Crippen LogP contribution in [0.1, 0.15) is 32.0 Å². The minimum atomic E-state index is 0.392. The van der Waals surface area contributed by atoms with Crippen molar-refractivity contribution >= 4 is 5.95 Å². The van der Waals surface area contributed by atoms with E-state index in [1.165, 1.54) is 0 Å². The minimum absolute atomic E-state index is 0.392. The first-order chi connectivity index (χ1) is 8.90. The molecule has 2 rings (SSSR count). The van der Waals surface area contributed by atoms with Crippen LogP contribution in [0.4, 0.5) is 5.95 Å². The van der Waals surface area contributed by atoms with Gasteiger partial charge in [0.15, 0.2) is 0 Å². The topological polar surface area (TPSA) is 64.0 Å². The first-order valence-corrected chi connectivity index (χ1v) is 6.29. The van der Waals surface area contributed by atoms with Gasteiger partial charge in [-0.1, -0.05) is 19.3 Å². The maximum absolute atomic E-state index is 5.26. The highest BCUT2D eigenvalue weighted by atomic mass is 16.5. The summed E-state index contributed by atoms with van der Waals surface area (Å²) in [5.41, 5.74) is 0. The smallest absolute Gasteiger partial charge is 0.264 e. The summed E-state index contributed by atoms with van der Waals surface area (Å²) in [6.45, 7) is 5.10. The maximum atomic E-state index is 5.26. The molecule has 0 unspecified atom stereocenters. The van der Waals surface area contributed by atoms with E-state index in [-0.39, 0.29) is 0 Å². The molecule has 2 heterocycles. The monoisotopic (exact) mass is 247 g/mol. The summed E-state index contributed by atoms with van der Waals surface area (Å²) in [4.78, 5) is 2.01. The molecule has 0 atom stereocenters. The van der Waals surface area contributed by atoms with E-state index in [1.807, 2.05) is 4.90 Å². The predicted octanol–water partition coefficient (Wildman–Crippen LogP) is 0.645. The summed E-state index contributed by atoms with van der Waals surface area (Å²) in [5, 5.41) is 16.0. The van der Waals surface area contributed by atoms with E-state index in [2.05, 4.69) is 39.2 Å². The molecule has 0 spiro atoms. The Hall–Kier alpha value is -1.74. The fourth-order valence-electron chi connectivity index (χ4n) is 1.57. The Kier molecular flexibility index (Phi) is 4.85. The quantitative estimate of drug-likeness (QED) is 0.577. The van der Waals surface area contributed by atoms with E-state index in [1.54, 1.807) is 0 Å². The number of unbranched alkanes of at least 4 members (excludes halogenated alkanes) is 2. The van der Waals surface area contributed by atoms with Crippen LogP contribution in [0.3, 0.4) is 0 Å². The Morgan fingerprint density at radius 3 is 2.56 bits per heavy atom. The summed E-state index contributed by atoms with van der Waals surface area (Å²) < 4.78 is 5.26. The summed E-state index contributed by atoms with van der Waals surface area (Å²) in [7, 11) is 0. The second-order valence-electron chi connectivity index (χ2n) is 4.03. The van der Waals surface area contributed by atoms with Gasteiger partial charge in [0.2, 0.25) is 5.82 Å². The van der Waals surface area contributed by atoms with Crippen molar-refractivity contribution in [2.75, 3.05) is 31.2 Å². The number of anilines is 1. The Bertz CT molecular complexity index is 416. The molecule has 0 N–H and O–H groups in total. The zero-order valence-corrected chi connectivity index (χ0v) is 10.6. The van der Waals surface area contributed by atoms with E-state index in [9.17, 15) is 0 Å². The molecule has 1 aliphatic rings. The first-order valence-electron chi connectivity index (χ1n) is 6.29. The molecule has 0 radical (unpaired) electrons. The van der Waals surface area contributed by atoms with Gasteiger partial charge in [0, 0.05) is 19.5 Å². The van der Waals surface area contributed by atoms with Crippen LogP contribution in [-0.2, 0) is 4.74 Å². The van der Waals surface area contributed by atoms with Gasteiger partial charge in [-0.3, -0.25) is 0 Å². The number of hydrogen-bond acceptors (Lipinski definition) is 6. The molecule has 0 aromatic carbocycles. The third-order valence-corrected chi connectivity index (χ3v) is 2.62. The van der Waals surface area contributed by atoms with E-state index in [0.29, 0.717) is 25.0 Å². The zero-order chi connectivity index (χ0) is 12.6. The molecule has 6 nitrogen and oxygen atoms in total. The number of rotatable bonds is 3. The number of nitrogens with zero attached hydrogens (tertiary/aromatic N) is 5. The molecule has 0 bridgehead atoms. The average Bonchev–Trinajstić information content (AvgIpc) is 2.45. The molecule has 0 aliphatic carbocycles. The van der Waals surface area contributed by atoms with E-state index in [4.69, 9.17) is 4.74 Å². The summed E-state index contributed by atoms with van der Waals surface area (Å²) in [5.74, 6) is 6.83. The highest BCUT2D eigenvalue weighted by molar-refractivity contribution is 5.28. The molecule has 1 aliphatic heterocycles. The lowest BCUT2D eigenvalue weighted by Crippen LogP contribution is -2.37. The Morgan fingerprint density at radius 2 is 1.89 bits per heavy atom. The highest BCUT2D eigenvalue weighted by Crippen LogP contribution is 2.05. The van der Waals surface area contributed by atoms with Crippen LogP contribution in [0, 0.1) is 11.8 Å². The molecular weight excluding hydrogens is 230 g/mol. The van der Waals surface area contributed by atoms with Gasteiger partial charge >= 0.3 is 0 Å². The Labute approximate surface area is 107 Å². The van der Waals surface area contributed by atoms with Crippen molar-refractivity contribution < 1.29 is 4.74 Å². The molecular formula is C12H17N5O. The number of morpholine rings is 1. The maximum Gasteiger partial charge on any atom is 0.264 e. The molecule has 0 amide bonds. The molecule has 6 heteroatoms. The van der Waals surface area contributed by atoms with E-state index < -0.39 is 0 Å². The second kappa shape index (κ2) is 6.87. The van der Waals surface area contributed by atoms with Gasteiger partial charge in [0.1, 0.15) is 0 Å². The van der Waals surface area contributed by atoms with Gasteiger partial charge in [0.25, 0.3) is 5.95 Å². The van der Waals surface area contributed by atoms with Crippen LogP contribution in [-0.4, -0.2) is 46.7 Å². The van der Waals surface area contributed by atoms with E-state index >= 15 is 0 Å². The van der Waals surface area contributed by atoms with Gasteiger partial charge in [0.05, 0.1) is 13.2 Å². The largest absolute Gasteiger partial charge is 0.378 e. The molecule has 1 aromatic heterocycles. The lowest BCUT2D eigenvalue weighted by Gasteiger charge is -2.25. The third-order valence-electron chi connectivity index (χ3n) is 2.62. The van der Waals surface area contributed by atoms with Gasteiger partial charge < -0.3 is 9.64 Å². The molecule has 96 valence electrons. The highest BCUT2D eigenvalue weighted by Gasteiger charge is 2.14. The fraction of sp³-hybridized carbons (Fsp3) is 0.667. The van der Waals surface area contributed by atoms with Crippen LogP contribution < -0.4 is 4.90 Å². The lowest BCUT2D eigenvalue weighted by atomic mass is 10.2. The summed E-state index contributed by atoms with van der Waals surface area (Å²) in [6.07, 6.45) is 3.10. The zero-order valence-electron chi connectivity index (χ0n) is 10.6. The van der Waals surface area contributed by atoms with Crippen LogP contribution in [0.25, 0.3) is 0 Å². The SMILES string of the molecule is CCCCC#Cc1nnc(N2CCOCC2)nn1. The molecule has 1 saturated heterocycles. The van der Waals surface area contributed by atoms with Crippen molar-refractivity contribution in [3.63, 3.8) is 0 Å². The molecule has 1 aromatic rings.